The van der Waals surface area contributed by atoms with Gasteiger partial charge >= 0.3 is 0 Å². The van der Waals surface area contributed by atoms with Gasteiger partial charge in [0.1, 0.15) is 0 Å². The van der Waals surface area contributed by atoms with Gasteiger partial charge in [-0.05, 0) is 43.7 Å². The normalized spacial score (nSPS) is 22.9. The van der Waals surface area contributed by atoms with Gasteiger partial charge in [-0.2, -0.15) is 0 Å². The Kier molecular flexibility index (Phi) is 3.93. The molecule has 20 heavy (non-hydrogen) atoms. The van der Waals surface area contributed by atoms with Crippen LogP contribution in [0.5, 0.6) is 0 Å². The van der Waals surface area contributed by atoms with Crippen molar-refractivity contribution in [2.75, 3.05) is 0 Å². The summed E-state index contributed by atoms with van der Waals surface area (Å²) in [4.78, 5) is 6.06. The number of aryl methyl sites for hydroxylation is 2. The highest BCUT2D eigenvalue weighted by Crippen LogP contribution is 2.40. The zero-order chi connectivity index (χ0) is 14.1. The monoisotopic (exact) mass is 285 g/mol. The summed E-state index contributed by atoms with van der Waals surface area (Å²) >= 11 is 1.90. The van der Waals surface area contributed by atoms with E-state index in [4.69, 9.17) is 4.98 Å². The van der Waals surface area contributed by atoms with E-state index in [1.165, 1.54) is 52.3 Å². The van der Waals surface area contributed by atoms with Crippen LogP contribution in [-0.4, -0.2) is 4.98 Å². The summed E-state index contributed by atoms with van der Waals surface area (Å²) < 4.78 is 0. The van der Waals surface area contributed by atoms with E-state index < -0.39 is 0 Å². The van der Waals surface area contributed by atoms with Crippen molar-refractivity contribution < 1.29 is 0 Å². The molecule has 1 nitrogen and oxygen atoms in total. The minimum Gasteiger partial charge on any atom is -0.249 e. The SMILES string of the molecule is Cc1ccc(-c2cnc(C3CCCC(C)C3)s2)c(C)c1. The predicted octanol–water partition coefficient (Wildman–Crippen LogP) is 5.72. The summed E-state index contributed by atoms with van der Waals surface area (Å²) in [5.41, 5.74) is 4.04. The Balaban J connectivity index is 1.86. The van der Waals surface area contributed by atoms with Gasteiger partial charge in [-0.1, -0.05) is 43.5 Å². The van der Waals surface area contributed by atoms with E-state index in [2.05, 4.69) is 45.2 Å². The minimum absolute atomic E-state index is 0.697. The average molecular weight is 285 g/mol. The molecule has 1 aromatic heterocycles. The van der Waals surface area contributed by atoms with E-state index >= 15 is 0 Å². The molecule has 106 valence electrons. The molecule has 1 aromatic carbocycles. The molecule has 1 heterocycles. The van der Waals surface area contributed by atoms with Crippen molar-refractivity contribution in [2.45, 2.75) is 52.4 Å². The number of hydrogen-bond acceptors (Lipinski definition) is 2. The second-order valence-corrected chi connectivity index (χ2v) is 7.41. The maximum Gasteiger partial charge on any atom is 0.0962 e. The van der Waals surface area contributed by atoms with Crippen molar-refractivity contribution in [2.24, 2.45) is 5.92 Å². The van der Waals surface area contributed by atoms with Gasteiger partial charge in [-0.25, -0.2) is 4.98 Å². The summed E-state index contributed by atoms with van der Waals surface area (Å²) in [6, 6.07) is 6.70. The number of hydrogen-bond donors (Lipinski definition) is 0. The largest absolute Gasteiger partial charge is 0.249 e. The van der Waals surface area contributed by atoms with Gasteiger partial charge in [0, 0.05) is 12.1 Å². The third-order valence-electron chi connectivity index (χ3n) is 4.46. The van der Waals surface area contributed by atoms with Crippen molar-refractivity contribution in [1.29, 1.82) is 0 Å². The molecule has 2 atom stereocenters. The molecule has 1 aliphatic rings. The Bertz CT molecular complexity index is 599. The lowest BCUT2D eigenvalue weighted by Crippen LogP contribution is -2.11. The summed E-state index contributed by atoms with van der Waals surface area (Å²) in [6.45, 7) is 6.73. The van der Waals surface area contributed by atoms with Crippen LogP contribution in [0.1, 0.15) is 54.7 Å². The first-order valence-electron chi connectivity index (χ1n) is 7.67. The summed E-state index contributed by atoms with van der Waals surface area (Å²) in [5.74, 6) is 1.56. The molecule has 1 saturated carbocycles. The Morgan fingerprint density at radius 2 is 2.05 bits per heavy atom. The van der Waals surface area contributed by atoms with E-state index in [0.29, 0.717) is 5.92 Å². The van der Waals surface area contributed by atoms with Gasteiger partial charge in [0.2, 0.25) is 0 Å². The number of nitrogens with zero attached hydrogens (tertiary/aromatic N) is 1. The van der Waals surface area contributed by atoms with E-state index in [1.54, 1.807) is 0 Å². The molecule has 0 aliphatic heterocycles. The van der Waals surface area contributed by atoms with E-state index in [9.17, 15) is 0 Å². The van der Waals surface area contributed by atoms with Crippen LogP contribution in [-0.2, 0) is 0 Å². The van der Waals surface area contributed by atoms with Crippen molar-refractivity contribution in [3.05, 3.63) is 40.5 Å². The fraction of sp³-hybridized carbons (Fsp3) is 0.500. The first-order chi connectivity index (χ1) is 9.63. The van der Waals surface area contributed by atoms with E-state index in [0.717, 1.165) is 5.92 Å². The number of benzene rings is 1. The van der Waals surface area contributed by atoms with Gasteiger partial charge in [0.05, 0.1) is 9.88 Å². The van der Waals surface area contributed by atoms with Crippen LogP contribution in [0, 0.1) is 19.8 Å². The first kappa shape index (κ1) is 13.8. The van der Waals surface area contributed by atoms with E-state index in [1.807, 2.05) is 11.3 Å². The quantitative estimate of drug-likeness (QED) is 0.687. The van der Waals surface area contributed by atoms with Gasteiger partial charge in [0.25, 0.3) is 0 Å². The summed E-state index contributed by atoms with van der Waals surface area (Å²) in [5, 5.41) is 1.35. The Hall–Kier alpha value is -1.15. The molecular formula is C18H23NS. The fourth-order valence-electron chi connectivity index (χ4n) is 3.35. The number of aromatic nitrogens is 1. The maximum atomic E-state index is 4.73. The van der Waals surface area contributed by atoms with Gasteiger partial charge in [0.15, 0.2) is 0 Å². The van der Waals surface area contributed by atoms with Crippen LogP contribution in [0.2, 0.25) is 0 Å². The average Bonchev–Trinajstić information content (AvgIpc) is 2.88. The lowest BCUT2D eigenvalue weighted by atomic mass is 9.83. The lowest BCUT2D eigenvalue weighted by Gasteiger charge is -2.24. The topological polar surface area (TPSA) is 12.9 Å². The number of rotatable bonds is 2. The molecule has 0 saturated heterocycles. The number of thiazole rings is 1. The Labute approximate surface area is 126 Å². The van der Waals surface area contributed by atoms with Crippen LogP contribution in [0.25, 0.3) is 10.4 Å². The van der Waals surface area contributed by atoms with Crippen LogP contribution < -0.4 is 0 Å². The smallest absolute Gasteiger partial charge is 0.0962 e. The molecule has 0 N–H and O–H groups in total. The molecule has 0 bridgehead atoms. The van der Waals surface area contributed by atoms with Crippen LogP contribution >= 0.6 is 11.3 Å². The molecule has 1 aliphatic carbocycles. The lowest BCUT2D eigenvalue weighted by molar-refractivity contribution is 0.343. The van der Waals surface area contributed by atoms with Gasteiger partial charge < -0.3 is 0 Å². The van der Waals surface area contributed by atoms with Crippen molar-refractivity contribution in [3.8, 4) is 10.4 Å². The van der Waals surface area contributed by atoms with Crippen molar-refractivity contribution in [1.82, 2.24) is 4.98 Å². The van der Waals surface area contributed by atoms with Gasteiger partial charge in [-0.3, -0.25) is 0 Å². The molecule has 2 heteroatoms. The molecule has 0 amide bonds. The first-order valence-corrected chi connectivity index (χ1v) is 8.48. The molecule has 2 aromatic rings. The second-order valence-electron chi connectivity index (χ2n) is 6.35. The third kappa shape index (κ3) is 2.80. The molecule has 2 unspecified atom stereocenters. The standard InChI is InChI=1S/C18H23NS/c1-12-5-4-6-15(10-12)18-19-11-17(20-18)16-8-7-13(2)9-14(16)3/h7-9,11-12,15H,4-6,10H2,1-3H3. The molecule has 0 radical (unpaired) electrons. The van der Waals surface area contributed by atoms with Crippen LogP contribution in [0.4, 0.5) is 0 Å². The molecular weight excluding hydrogens is 262 g/mol. The minimum atomic E-state index is 0.697. The van der Waals surface area contributed by atoms with Crippen molar-refractivity contribution >= 4 is 11.3 Å². The zero-order valence-corrected chi connectivity index (χ0v) is 13.5. The molecule has 1 fully saturated rings. The molecule has 3 rings (SSSR count). The Morgan fingerprint density at radius 3 is 2.80 bits per heavy atom. The Morgan fingerprint density at radius 1 is 1.20 bits per heavy atom. The highest BCUT2D eigenvalue weighted by Gasteiger charge is 2.23. The second kappa shape index (κ2) is 5.69. The van der Waals surface area contributed by atoms with Crippen LogP contribution in [0.15, 0.2) is 24.4 Å². The van der Waals surface area contributed by atoms with Gasteiger partial charge in [-0.15, -0.1) is 11.3 Å². The maximum absolute atomic E-state index is 4.73. The van der Waals surface area contributed by atoms with E-state index in [-0.39, 0.29) is 0 Å². The summed E-state index contributed by atoms with van der Waals surface area (Å²) in [6.07, 6.45) is 7.48. The zero-order valence-electron chi connectivity index (χ0n) is 12.6. The predicted molar refractivity (Wildman–Crippen MR) is 87.4 cm³/mol. The molecule has 0 spiro atoms. The van der Waals surface area contributed by atoms with Crippen LogP contribution in [0.3, 0.4) is 0 Å². The highest BCUT2D eigenvalue weighted by molar-refractivity contribution is 7.15. The summed E-state index contributed by atoms with van der Waals surface area (Å²) in [7, 11) is 0. The fourth-order valence-corrected chi connectivity index (χ4v) is 4.51. The van der Waals surface area contributed by atoms with Crippen molar-refractivity contribution in [3.63, 3.8) is 0 Å². The highest BCUT2D eigenvalue weighted by atomic mass is 32.1. The third-order valence-corrected chi connectivity index (χ3v) is 5.65.